The zero-order valence-electron chi connectivity index (χ0n) is 15.3. The molecule has 0 saturated carbocycles. The van der Waals surface area contributed by atoms with Gasteiger partial charge in [-0.25, -0.2) is 4.98 Å². The van der Waals surface area contributed by atoms with Gasteiger partial charge in [0.1, 0.15) is 17.2 Å². The van der Waals surface area contributed by atoms with Gasteiger partial charge < -0.3 is 15.2 Å². The number of nitrogens with one attached hydrogen (secondary N) is 1. The maximum absolute atomic E-state index is 13.0. The van der Waals surface area contributed by atoms with E-state index < -0.39 is 5.60 Å². The average molecular weight is 401 g/mol. The molecule has 0 radical (unpaired) electrons. The predicted octanol–water partition coefficient (Wildman–Crippen LogP) is 1.89. The van der Waals surface area contributed by atoms with Gasteiger partial charge in [-0.1, -0.05) is 11.6 Å². The fourth-order valence-electron chi connectivity index (χ4n) is 4.12. The smallest absolute Gasteiger partial charge is 0.262 e. The van der Waals surface area contributed by atoms with Crippen molar-refractivity contribution in [2.45, 2.75) is 31.4 Å². The first-order valence-corrected chi connectivity index (χ1v) is 9.87. The second-order valence-corrected chi connectivity index (χ2v) is 7.97. The van der Waals surface area contributed by atoms with E-state index in [9.17, 15) is 9.90 Å². The van der Waals surface area contributed by atoms with E-state index in [-0.39, 0.29) is 12.1 Å². The van der Waals surface area contributed by atoms with E-state index in [1.165, 1.54) is 10.9 Å². The first-order chi connectivity index (χ1) is 13.5. The van der Waals surface area contributed by atoms with Crippen LogP contribution in [0.1, 0.15) is 18.4 Å². The Morgan fingerprint density at radius 1 is 1.29 bits per heavy atom. The normalized spacial score (nSPS) is 18.2. The van der Waals surface area contributed by atoms with E-state index in [4.69, 9.17) is 16.3 Å². The van der Waals surface area contributed by atoms with Gasteiger partial charge >= 0.3 is 0 Å². The van der Waals surface area contributed by atoms with Gasteiger partial charge in [0, 0.05) is 12.1 Å². The Hall–Kier alpha value is -2.35. The van der Waals surface area contributed by atoms with Crippen molar-refractivity contribution in [1.82, 2.24) is 19.4 Å². The number of halogens is 1. The minimum absolute atomic E-state index is 0.192. The van der Waals surface area contributed by atoms with Crippen molar-refractivity contribution in [2.24, 2.45) is 0 Å². The van der Waals surface area contributed by atoms with Gasteiger partial charge in [0.25, 0.3) is 5.56 Å². The SMILES string of the molecule is O=c1c2cc(Cl)n(-c3ccc4c(c3)CCO4)c2ncn1CC1(O)CCNCC1. The highest BCUT2D eigenvalue weighted by molar-refractivity contribution is 6.31. The third-order valence-electron chi connectivity index (χ3n) is 5.67. The van der Waals surface area contributed by atoms with Crippen LogP contribution in [0.5, 0.6) is 5.75 Å². The van der Waals surface area contributed by atoms with Gasteiger partial charge in [-0.05, 0) is 55.8 Å². The molecule has 1 saturated heterocycles. The number of benzene rings is 1. The molecule has 0 bridgehead atoms. The monoisotopic (exact) mass is 400 g/mol. The van der Waals surface area contributed by atoms with Crippen molar-refractivity contribution in [1.29, 1.82) is 0 Å². The number of piperidine rings is 1. The van der Waals surface area contributed by atoms with E-state index in [2.05, 4.69) is 10.3 Å². The molecular formula is C20H21ClN4O3. The highest BCUT2D eigenvalue weighted by atomic mass is 35.5. The minimum atomic E-state index is -0.892. The summed E-state index contributed by atoms with van der Waals surface area (Å²) in [7, 11) is 0. The lowest BCUT2D eigenvalue weighted by molar-refractivity contribution is -0.00627. The molecule has 0 spiro atoms. The van der Waals surface area contributed by atoms with Gasteiger partial charge in [0.05, 0.1) is 24.1 Å². The molecule has 5 rings (SSSR count). The molecule has 2 aliphatic rings. The van der Waals surface area contributed by atoms with Crippen LogP contribution in [0.25, 0.3) is 16.7 Å². The molecule has 2 aromatic heterocycles. The van der Waals surface area contributed by atoms with Gasteiger partial charge in [-0.3, -0.25) is 13.9 Å². The summed E-state index contributed by atoms with van der Waals surface area (Å²) < 4.78 is 8.83. The average Bonchev–Trinajstić information content (AvgIpc) is 3.28. The van der Waals surface area contributed by atoms with Crippen molar-refractivity contribution in [3.63, 3.8) is 0 Å². The Kier molecular flexibility index (Phi) is 4.19. The number of ether oxygens (including phenoxy) is 1. The first kappa shape index (κ1) is 17.7. The summed E-state index contributed by atoms with van der Waals surface area (Å²) in [4.78, 5) is 17.5. The molecule has 0 amide bonds. The van der Waals surface area contributed by atoms with Crippen LogP contribution in [0.15, 0.2) is 35.4 Å². The quantitative estimate of drug-likeness (QED) is 0.701. The number of hydrogen-bond donors (Lipinski definition) is 2. The Balaban J connectivity index is 1.57. The van der Waals surface area contributed by atoms with Crippen LogP contribution in [-0.4, -0.2) is 44.5 Å². The summed E-state index contributed by atoms with van der Waals surface area (Å²) in [6.45, 7) is 2.39. The van der Waals surface area contributed by atoms with E-state index in [1.807, 2.05) is 18.2 Å². The predicted molar refractivity (Wildman–Crippen MR) is 107 cm³/mol. The third kappa shape index (κ3) is 2.90. The Labute approximate surface area is 166 Å². The Bertz CT molecular complexity index is 1110. The van der Waals surface area contributed by atoms with Crippen LogP contribution in [0.3, 0.4) is 0 Å². The lowest BCUT2D eigenvalue weighted by Gasteiger charge is -2.32. The second kappa shape index (κ2) is 6.62. The zero-order valence-corrected chi connectivity index (χ0v) is 16.1. The molecular weight excluding hydrogens is 380 g/mol. The minimum Gasteiger partial charge on any atom is -0.493 e. The number of rotatable bonds is 3. The van der Waals surface area contributed by atoms with Gasteiger partial charge in [-0.2, -0.15) is 0 Å². The molecule has 0 unspecified atom stereocenters. The highest BCUT2D eigenvalue weighted by Gasteiger charge is 2.30. The third-order valence-corrected chi connectivity index (χ3v) is 5.95. The van der Waals surface area contributed by atoms with Crippen LogP contribution >= 0.6 is 11.6 Å². The summed E-state index contributed by atoms with van der Waals surface area (Å²) in [6, 6.07) is 7.52. The molecule has 7 nitrogen and oxygen atoms in total. The van der Waals surface area contributed by atoms with Crippen molar-refractivity contribution in [3.8, 4) is 11.4 Å². The van der Waals surface area contributed by atoms with E-state index in [0.29, 0.717) is 35.6 Å². The molecule has 3 aromatic rings. The summed E-state index contributed by atoms with van der Waals surface area (Å²) in [6.07, 6.45) is 3.58. The molecule has 8 heteroatoms. The molecule has 1 aromatic carbocycles. The first-order valence-electron chi connectivity index (χ1n) is 9.50. The Morgan fingerprint density at radius 3 is 2.93 bits per heavy atom. The summed E-state index contributed by atoms with van der Waals surface area (Å²) in [5.74, 6) is 0.891. The number of aliphatic hydroxyl groups is 1. The van der Waals surface area contributed by atoms with Crippen LogP contribution in [0.4, 0.5) is 0 Å². The fourth-order valence-corrected chi connectivity index (χ4v) is 4.41. The second-order valence-electron chi connectivity index (χ2n) is 7.58. The van der Waals surface area contributed by atoms with Crippen LogP contribution in [0.2, 0.25) is 5.15 Å². The summed E-state index contributed by atoms with van der Waals surface area (Å²) >= 11 is 6.48. The van der Waals surface area contributed by atoms with Gasteiger partial charge in [-0.15, -0.1) is 0 Å². The van der Waals surface area contributed by atoms with Crippen molar-refractivity contribution in [3.05, 3.63) is 51.7 Å². The number of aromatic nitrogens is 3. The van der Waals surface area contributed by atoms with Crippen molar-refractivity contribution in [2.75, 3.05) is 19.7 Å². The fraction of sp³-hybridized carbons (Fsp3) is 0.400. The van der Waals surface area contributed by atoms with E-state index >= 15 is 0 Å². The van der Waals surface area contributed by atoms with E-state index in [0.717, 1.165) is 36.5 Å². The molecule has 4 heterocycles. The maximum atomic E-state index is 13.0. The van der Waals surface area contributed by atoms with Gasteiger partial charge in [0.15, 0.2) is 5.65 Å². The van der Waals surface area contributed by atoms with Crippen molar-refractivity contribution >= 4 is 22.6 Å². The molecule has 0 atom stereocenters. The molecule has 2 N–H and O–H groups in total. The maximum Gasteiger partial charge on any atom is 0.262 e. The standard InChI is InChI=1S/C20H21ClN4O3/c21-17-10-15-18(25(17)14-1-2-16-13(9-14)3-8-28-16)23-12-24(19(15)26)11-20(27)4-6-22-7-5-20/h1-2,9-10,12,22,27H,3-8,11H2. The number of nitrogens with zero attached hydrogens (tertiary/aromatic N) is 3. The summed E-state index contributed by atoms with van der Waals surface area (Å²) in [5, 5.41) is 14.9. The van der Waals surface area contributed by atoms with Crippen LogP contribution < -0.4 is 15.6 Å². The lowest BCUT2D eigenvalue weighted by atomic mass is 9.92. The summed E-state index contributed by atoms with van der Waals surface area (Å²) in [5.41, 5.74) is 1.41. The Morgan fingerprint density at radius 2 is 2.11 bits per heavy atom. The number of fused-ring (bicyclic) bond motifs is 2. The number of hydrogen-bond acceptors (Lipinski definition) is 5. The zero-order chi connectivity index (χ0) is 19.3. The largest absolute Gasteiger partial charge is 0.493 e. The molecule has 2 aliphatic heterocycles. The van der Waals surface area contributed by atoms with Crippen LogP contribution in [-0.2, 0) is 13.0 Å². The molecule has 146 valence electrons. The molecule has 1 fully saturated rings. The topological polar surface area (TPSA) is 81.3 Å². The van der Waals surface area contributed by atoms with Crippen molar-refractivity contribution < 1.29 is 9.84 Å². The molecule has 28 heavy (non-hydrogen) atoms. The highest BCUT2D eigenvalue weighted by Crippen LogP contribution is 2.31. The van der Waals surface area contributed by atoms with E-state index in [1.54, 1.807) is 10.6 Å². The lowest BCUT2D eigenvalue weighted by Crippen LogP contribution is -2.46. The van der Waals surface area contributed by atoms with Gasteiger partial charge in [0.2, 0.25) is 0 Å². The van der Waals surface area contributed by atoms with Crippen LogP contribution in [0, 0.1) is 0 Å². The molecule has 0 aliphatic carbocycles.